The lowest BCUT2D eigenvalue weighted by Crippen LogP contribution is -2.41. The molecule has 1 amide bonds. The molecule has 2 bridgehead atoms. The minimum atomic E-state index is 0.0223. The van der Waals surface area contributed by atoms with Crippen LogP contribution in [0.5, 0.6) is 0 Å². The zero-order valence-corrected chi connectivity index (χ0v) is 12.4. The summed E-state index contributed by atoms with van der Waals surface area (Å²) in [7, 11) is 0. The van der Waals surface area contributed by atoms with Crippen molar-refractivity contribution in [2.75, 3.05) is 26.2 Å². The van der Waals surface area contributed by atoms with Crippen LogP contribution in [0.3, 0.4) is 0 Å². The SMILES string of the molecule is O=C(c1ccc(-c2ccncc2)o1)N1CCN2CCC1CC2. The predicted molar refractivity (Wildman–Crippen MR) is 82.4 cm³/mol. The molecule has 3 aliphatic rings. The number of rotatable bonds is 2. The molecule has 22 heavy (non-hydrogen) atoms. The van der Waals surface area contributed by atoms with Gasteiger partial charge >= 0.3 is 0 Å². The fourth-order valence-corrected chi connectivity index (χ4v) is 3.42. The van der Waals surface area contributed by atoms with E-state index in [1.54, 1.807) is 18.5 Å². The summed E-state index contributed by atoms with van der Waals surface area (Å²) in [6.07, 6.45) is 5.59. The lowest BCUT2D eigenvalue weighted by Gasteiger charge is -2.30. The average Bonchev–Trinajstić information content (AvgIpc) is 2.88. The van der Waals surface area contributed by atoms with Crippen molar-refractivity contribution in [2.24, 2.45) is 0 Å². The standard InChI is InChI=1S/C17H19N3O2/c21-17(20-12-11-19-9-5-14(20)6-10-19)16-2-1-15(22-16)13-3-7-18-8-4-13/h1-4,7-8,14H,5-6,9-12H2. The van der Waals surface area contributed by atoms with Crippen LogP contribution < -0.4 is 0 Å². The van der Waals surface area contributed by atoms with Crippen LogP contribution in [0.4, 0.5) is 0 Å². The van der Waals surface area contributed by atoms with Crippen LogP contribution in [-0.4, -0.2) is 52.9 Å². The Bertz CT molecular complexity index is 660. The summed E-state index contributed by atoms with van der Waals surface area (Å²) >= 11 is 0. The maximum Gasteiger partial charge on any atom is 0.289 e. The van der Waals surface area contributed by atoms with Gasteiger partial charge in [0.25, 0.3) is 5.91 Å². The Labute approximate surface area is 129 Å². The predicted octanol–water partition coefficient (Wildman–Crippen LogP) is 2.26. The topological polar surface area (TPSA) is 49.6 Å². The molecule has 0 aliphatic carbocycles. The number of hydrogen-bond donors (Lipinski definition) is 0. The van der Waals surface area contributed by atoms with Crippen LogP contribution >= 0.6 is 0 Å². The number of pyridine rings is 1. The van der Waals surface area contributed by atoms with E-state index in [1.807, 2.05) is 23.1 Å². The van der Waals surface area contributed by atoms with Crippen LogP contribution in [0.1, 0.15) is 23.4 Å². The number of carbonyl (C=O) groups excluding carboxylic acids is 1. The number of aromatic nitrogens is 1. The van der Waals surface area contributed by atoms with Gasteiger partial charge in [0.15, 0.2) is 5.76 Å². The number of carbonyl (C=O) groups is 1. The molecule has 0 spiro atoms. The number of furan rings is 1. The summed E-state index contributed by atoms with van der Waals surface area (Å²) in [6, 6.07) is 7.78. The molecule has 0 aromatic carbocycles. The highest BCUT2D eigenvalue weighted by Gasteiger charge is 2.33. The van der Waals surface area contributed by atoms with E-state index in [-0.39, 0.29) is 5.91 Å². The van der Waals surface area contributed by atoms with Crippen molar-refractivity contribution < 1.29 is 9.21 Å². The molecule has 114 valence electrons. The van der Waals surface area contributed by atoms with Gasteiger partial charge < -0.3 is 14.2 Å². The van der Waals surface area contributed by atoms with Gasteiger partial charge in [-0.1, -0.05) is 0 Å². The molecule has 0 unspecified atom stereocenters. The van der Waals surface area contributed by atoms with Gasteiger partial charge in [-0.15, -0.1) is 0 Å². The Hall–Kier alpha value is -2.14. The molecule has 5 nitrogen and oxygen atoms in total. The largest absolute Gasteiger partial charge is 0.451 e. The van der Waals surface area contributed by atoms with E-state index in [0.29, 0.717) is 17.6 Å². The summed E-state index contributed by atoms with van der Waals surface area (Å²) in [5, 5.41) is 0. The maximum atomic E-state index is 12.8. The molecular weight excluding hydrogens is 278 g/mol. The van der Waals surface area contributed by atoms with Gasteiger partial charge in [-0.05, 0) is 37.1 Å². The third-order valence-electron chi connectivity index (χ3n) is 4.70. The highest BCUT2D eigenvalue weighted by molar-refractivity contribution is 5.92. The Balaban J connectivity index is 1.57. The lowest BCUT2D eigenvalue weighted by molar-refractivity contribution is 0.0653. The van der Waals surface area contributed by atoms with Crippen molar-refractivity contribution in [3.8, 4) is 11.3 Å². The fourth-order valence-electron chi connectivity index (χ4n) is 3.42. The highest BCUT2D eigenvalue weighted by atomic mass is 16.4. The number of fused-ring (bicyclic) bond motifs is 4. The van der Waals surface area contributed by atoms with Gasteiger partial charge in [-0.2, -0.15) is 0 Å². The van der Waals surface area contributed by atoms with Crippen LogP contribution in [0.25, 0.3) is 11.3 Å². The number of piperidine rings is 1. The van der Waals surface area contributed by atoms with E-state index in [0.717, 1.165) is 44.6 Å². The monoisotopic (exact) mass is 297 g/mol. The molecule has 2 aromatic rings. The zero-order valence-electron chi connectivity index (χ0n) is 12.4. The second-order valence-corrected chi connectivity index (χ2v) is 5.97. The minimum Gasteiger partial charge on any atom is -0.451 e. The van der Waals surface area contributed by atoms with E-state index in [1.165, 1.54) is 0 Å². The minimum absolute atomic E-state index is 0.0223. The molecule has 3 saturated heterocycles. The van der Waals surface area contributed by atoms with Crippen LogP contribution in [0.15, 0.2) is 41.1 Å². The first-order valence-corrected chi connectivity index (χ1v) is 7.85. The molecular formula is C17H19N3O2. The number of hydrogen-bond acceptors (Lipinski definition) is 4. The van der Waals surface area contributed by atoms with E-state index in [9.17, 15) is 4.79 Å². The van der Waals surface area contributed by atoms with Crippen LogP contribution in [-0.2, 0) is 0 Å². The first-order valence-electron chi connectivity index (χ1n) is 7.85. The maximum absolute atomic E-state index is 12.8. The number of amides is 1. The van der Waals surface area contributed by atoms with Crippen molar-refractivity contribution in [1.29, 1.82) is 0 Å². The van der Waals surface area contributed by atoms with E-state index in [2.05, 4.69) is 9.88 Å². The fraction of sp³-hybridized carbons (Fsp3) is 0.412. The van der Waals surface area contributed by atoms with Crippen molar-refractivity contribution in [3.63, 3.8) is 0 Å². The van der Waals surface area contributed by atoms with Gasteiger partial charge in [0.1, 0.15) is 5.76 Å². The van der Waals surface area contributed by atoms with Gasteiger partial charge in [-0.25, -0.2) is 0 Å². The summed E-state index contributed by atoms with van der Waals surface area (Å²) in [6.45, 7) is 3.98. The highest BCUT2D eigenvalue weighted by Crippen LogP contribution is 2.26. The Morgan fingerprint density at radius 1 is 1.05 bits per heavy atom. The molecule has 0 saturated carbocycles. The third kappa shape index (κ3) is 2.41. The van der Waals surface area contributed by atoms with Gasteiger partial charge in [0.2, 0.25) is 0 Å². The molecule has 0 atom stereocenters. The van der Waals surface area contributed by atoms with E-state index >= 15 is 0 Å². The third-order valence-corrected chi connectivity index (χ3v) is 4.70. The van der Waals surface area contributed by atoms with Crippen molar-refractivity contribution in [1.82, 2.24) is 14.8 Å². The van der Waals surface area contributed by atoms with Crippen molar-refractivity contribution >= 4 is 5.91 Å². The number of nitrogens with zero attached hydrogens (tertiary/aromatic N) is 3. The van der Waals surface area contributed by atoms with E-state index < -0.39 is 0 Å². The van der Waals surface area contributed by atoms with E-state index in [4.69, 9.17) is 4.42 Å². The average molecular weight is 297 g/mol. The van der Waals surface area contributed by atoms with Gasteiger partial charge in [0.05, 0.1) is 0 Å². The smallest absolute Gasteiger partial charge is 0.289 e. The summed E-state index contributed by atoms with van der Waals surface area (Å²) in [5.41, 5.74) is 0.942. The Morgan fingerprint density at radius 2 is 1.82 bits per heavy atom. The molecule has 0 N–H and O–H groups in total. The molecule has 0 radical (unpaired) electrons. The molecule has 5 heteroatoms. The molecule has 3 aliphatic heterocycles. The normalized spacial score (nSPS) is 24.3. The molecule has 2 aromatic heterocycles. The quantitative estimate of drug-likeness (QED) is 0.853. The lowest BCUT2D eigenvalue weighted by atomic mass is 10.1. The molecule has 5 rings (SSSR count). The van der Waals surface area contributed by atoms with Gasteiger partial charge in [0, 0.05) is 50.2 Å². The Morgan fingerprint density at radius 3 is 2.59 bits per heavy atom. The second kappa shape index (κ2) is 5.57. The van der Waals surface area contributed by atoms with Gasteiger partial charge in [-0.3, -0.25) is 9.78 Å². The first kappa shape index (κ1) is 13.5. The van der Waals surface area contributed by atoms with Crippen LogP contribution in [0, 0.1) is 0 Å². The summed E-state index contributed by atoms with van der Waals surface area (Å²) in [5.74, 6) is 1.18. The second-order valence-electron chi connectivity index (χ2n) is 5.97. The van der Waals surface area contributed by atoms with Crippen molar-refractivity contribution in [3.05, 3.63) is 42.4 Å². The molecule has 3 fully saturated rings. The van der Waals surface area contributed by atoms with Crippen LogP contribution in [0.2, 0.25) is 0 Å². The first-order chi connectivity index (χ1) is 10.8. The molecule has 5 heterocycles. The Kier molecular flexibility index (Phi) is 3.42. The van der Waals surface area contributed by atoms with Crippen molar-refractivity contribution in [2.45, 2.75) is 18.9 Å². The summed E-state index contributed by atoms with van der Waals surface area (Å²) in [4.78, 5) is 21.2. The zero-order chi connectivity index (χ0) is 14.9. The summed E-state index contributed by atoms with van der Waals surface area (Å²) < 4.78 is 5.80.